The number of piperidine rings is 1. The number of aryl methyl sites for hydroxylation is 1. The Morgan fingerprint density at radius 2 is 1.92 bits per heavy atom. The lowest BCUT2D eigenvalue weighted by Gasteiger charge is -2.44. The average Bonchev–Trinajstić information content (AvgIpc) is 3.34. The zero-order chi connectivity index (χ0) is 25.5. The van der Waals surface area contributed by atoms with E-state index in [0.717, 1.165) is 49.0 Å². The quantitative estimate of drug-likeness (QED) is 0.344. The van der Waals surface area contributed by atoms with Gasteiger partial charge in [0.15, 0.2) is 0 Å². The predicted molar refractivity (Wildman–Crippen MR) is 140 cm³/mol. The van der Waals surface area contributed by atoms with Crippen LogP contribution in [0.15, 0.2) is 48.5 Å². The molecule has 1 aliphatic heterocycles. The second-order valence-corrected chi connectivity index (χ2v) is 10.4. The van der Waals surface area contributed by atoms with Gasteiger partial charge in [0.1, 0.15) is 11.5 Å². The maximum atomic E-state index is 13.3. The van der Waals surface area contributed by atoms with Crippen molar-refractivity contribution in [1.82, 2.24) is 10.2 Å². The summed E-state index contributed by atoms with van der Waals surface area (Å²) in [5.41, 5.74) is 6.60. The number of hydrogen-bond acceptors (Lipinski definition) is 5. The first-order valence-electron chi connectivity index (χ1n) is 13.2. The molecule has 2 aromatic carbocycles. The Balaban J connectivity index is 1.62. The Bertz CT molecular complexity index is 1040. The highest BCUT2D eigenvalue weighted by Gasteiger charge is 2.44. The maximum Gasteiger partial charge on any atom is 0.225 e. The molecule has 2 amide bonds. The zero-order valence-corrected chi connectivity index (χ0v) is 21.2. The maximum absolute atomic E-state index is 13.3. The lowest BCUT2D eigenvalue weighted by atomic mass is 9.73. The number of nitrogens with zero attached hydrogens (tertiary/aromatic N) is 1. The fourth-order valence-electron chi connectivity index (χ4n) is 5.85. The third-order valence-corrected chi connectivity index (χ3v) is 7.86. The van der Waals surface area contributed by atoms with E-state index in [4.69, 9.17) is 10.5 Å². The van der Waals surface area contributed by atoms with E-state index in [1.165, 1.54) is 0 Å². The van der Waals surface area contributed by atoms with E-state index in [9.17, 15) is 14.7 Å². The Hall–Kier alpha value is -2.90. The van der Waals surface area contributed by atoms with Gasteiger partial charge in [-0.25, -0.2) is 0 Å². The van der Waals surface area contributed by atoms with Gasteiger partial charge in [0, 0.05) is 43.1 Å². The molecule has 0 radical (unpaired) electrons. The van der Waals surface area contributed by atoms with Crippen LogP contribution < -0.4 is 15.8 Å². The van der Waals surface area contributed by atoms with Gasteiger partial charge in [0.05, 0.1) is 5.60 Å². The highest BCUT2D eigenvalue weighted by molar-refractivity contribution is 5.79. The number of amides is 2. The molecule has 7 nitrogen and oxygen atoms in total. The van der Waals surface area contributed by atoms with E-state index in [-0.39, 0.29) is 23.8 Å². The van der Waals surface area contributed by atoms with Crippen LogP contribution in [0.2, 0.25) is 0 Å². The Morgan fingerprint density at radius 1 is 1.17 bits per heavy atom. The summed E-state index contributed by atoms with van der Waals surface area (Å²) < 4.78 is 6.35. The van der Waals surface area contributed by atoms with E-state index in [2.05, 4.69) is 5.32 Å². The molecule has 7 heteroatoms. The van der Waals surface area contributed by atoms with Crippen LogP contribution in [0, 0.1) is 18.8 Å². The van der Waals surface area contributed by atoms with Crippen LogP contribution in [0.5, 0.6) is 11.5 Å². The van der Waals surface area contributed by atoms with Crippen LogP contribution in [0.25, 0.3) is 0 Å². The topological polar surface area (TPSA) is 105 Å². The first kappa shape index (κ1) is 26.2. The molecule has 1 aliphatic carbocycles. The molecule has 4 N–H and O–H groups in total. The predicted octanol–water partition coefficient (Wildman–Crippen LogP) is 3.87. The van der Waals surface area contributed by atoms with Crippen molar-refractivity contribution in [2.24, 2.45) is 17.6 Å². The van der Waals surface area contributed by atoms with Gasteiger partial charge in [-0.1, -0.05) is 36.4 Å². The Morgan fingerprint density at radius 3 is 2.64 bits per heavy atom. The number of nitrogens with one attached hydrogen (secondary N) is 1. The molecule has 0 bridgehead atoms. The zero-order valence-electron chi connectivity index (χ0n) is 21.2. The molecule has 1 saturated carbocycles. The molecule has 0 unspecified atom stereocenters. The second kappa shape index (κ2) is 11.9. The van der Waals surface area contributed by atoms with Crippen LogP contribution in [-0.2, 0) is 15.2 Å². The van der Waals surface area contributed by atoms with Gasteiger partial charge >= 0.3 is 0 Å². The molecule has 36 heavy (non-hydrogen) atoms. The van der Waals surface area contributed by atoms with E-state index < -0.39 is 5.60 Å². The molecule has 0 aromatic heterocycles. The number of hydrogen-bond donors (Lipinski definition) is 3. The summed E-state index contributed by atoms with van der Waals surface area (Å²) in [5, 5.41) is 15.1. The van der Waals surface area contributed by atoms with E-state index >= 15 is 0 Å². The van der Waals surface area contributed by atoms with Gasteiger partial charge in [-0.05, 0) is 69.6 Å². The average molecular weight is 494 g/mol. The highest BCUT2D eigenvalue weighted by Crippen LogP contribution is 2.44. The SMILES string of the molecule is Cc1ccccc1Oc1ccccc1[C@](O)(CCCNC=O)[C@@H]1CCCN(C(=O)[C@@H]2CC[C@H](N)C2)C1. The largest absolute Gasteiger partial charge is 0.457 e. The highest BCUT2D eigenvalue weighted by atomic mass is 16.5. The third kappa shape index (κ3) is 5.90. The number of rotatable bonds is 10. The van der Waals surface area contributed by atoms with Gasteiger partial charge < -0.3 is 25.8 Å². The van der Waals surface area contributed by atoms with Crippen LogP contribution in [0.3, 0.4) is 0 Å². The minimum absolute atomic E-state index is 0.0136. The molecule has 2 aromatic rings. The lowest BCUT2D eigenvalue weighted by Crippen LogP contribution is -2.49. The molecular formula is C29H39N3O4. The number of benzene rings is 2. The van der Waals surface area contributed by atoms with Crippen molar-refractivity contribution < 1.29 is 19.4 Å². The summed E-state index contributed by atoms with van der Waals surface area (Å²) >= 11 is 0. The van der Waals surface area contributed by atoms with Crippen molar-refractivity contribution in [3.05, 3.63) is 59.7 Å². The van der Waals surface area contributed by atoms with Crippen molar-refractivity contribution in [3.8, 4) is 11.5 Å². The number of aliphatic hydroxyl groups is 1. The van der Waals surface area contributed by atoms with Gasteiger partial charge in [-0.15, -0.1) is 0 Å². The number of ether oxygens (including phenoxy) is 1. The summed E-state index contributed by atoms with van der Waals surface area (Å²) in [5.74, 6) is 1.36. The van der Waals surface area contributed by atoms with Gasteiger partial charge in [-0.2, -0.15) is 0 Å². The van der Waals surface area contributed by atoms with E-state index in [1.54, 1.807) is 0 Å². The Labute approximate surface area is 214 Å². The van der Waals surface area contributed by atoms with Crippen LogP contribution in [0.1, 0.15) is 56.1 Å². The monoisotopic (exact) mass is 493 g/mol. The number of likely N-dealkylation sites (tertiary alicyclic amines) is 1. The first-order chi connectivity index (χ1) is 17.4. The van der Waals surface area contributed by atoms with Crippen molar-refractivity contribution >= 4 is 12.3 Å². The fourth-order valence-corrected chi connectivity index (χ4v) is 5.85. The molecule has 2 fully saturated rings. The van der Waals surface area contributed by atoms with Crippen LogP contribution in [0.4, 0.5) is 0 Å². The molecule has 1 heterocycles. The number of carbonyl (C=O) groups is 2. The van der Waals surface area contributed by atoms with Gasteiger partial charge in [0.2, 0.25) is 12.3 Å². The van der Waals surface area contributed by atoms with Crippen molar-refractivity contribution in [3.63, 3.8) is 0 Å². The number of nitrogens with two attached hydrogens (primary N) is 1. The smallest absolute Gasteiger partial charge is 0.225 e. The second-order valence-electron chi connectivity index (χ2n) is 10.4. The van der Waals surface area contributed by atoms with E-state index in [1.807, 2.05) is 60.4 Å². The molecular weight excluding hydrogens is 454 g/mol. The minimum Gasteiger partial charge on any atom is -0.457 e. The summed E-state index contributed by atoms with van der Waals surface area (Å²) in [6.45, 7) is 3.68. The number of carbonyl (C=O) groups excluding carboxylic acids is 2. The summed E-state index contributed by atoms with van der Waals surface area (Å²) in [6, 6.07) is 15.6. The molecule has 2 aliphatic rings. The fraction of sp³-hybridized carbons (Fsp3) is 0.517. The minimum atomic E-state index is -1.21. The van der Waals surface area contributed by atoms with E-state index in [0.29, 0.717) is 44.6 Å². The normalized spacial score (nSPS) is 23.6. The van der Waals surface area contributed by atoms with Crippen LogP contribution in [-0.4, -0.2) is 48.0 Å². The first-order valence-corrected chi connectivity index (χ1v) is 13.2. The van der Waals surface area contributed by atoms with Gasteiger partial charge in [-0.3, -0.25) is 9.59 Å². The van der Waals surface area contributed by atoms with Gasteiger partial charge in [0.25, 0.3) is 0 Å². The Kier molecular flexibility index (Phi) is 8.64. The summed E-state index contributed by atoms with van der Waals surface area (Å²) in [6.07, 6.45) is 5.87. The molecule has 194 valence electrons. The summed E-state index contributed by atoms with van der Waals surface area (Å²) in [4.78, 5) is 26.1. The summed E-state index contributed by atoms with van der Waals surface area (Å²) in [7, 11) is 0. The van der Waals surface area contributed by atoms with Crippen LogP contribution >= 0.6 is 0 Å². The third-order valence-electron chi connectivity index (χ3n) is 7.86. The molecule has 4 rings (SSSR count). The standard InChI is InChI=1S/C29H39N3O4/c1-21-8-2-4-11-26(21)36-27-12-5-3-10-25(27)29(35,15-7-16-31-20-33)23-9-6-17-32(19-23)28(34)22-13-14-24(30)18-22/h2-5,8,10-12,20,22-24,35H,6-7,9,13-19,30H2,1H3,(H,31,33)/t22-,23-,24+,29+/m1/s1. The van der Waals surface area contributed by atoms with Crippen molar-refractivity contribution in [2.45, 2.75) is 63.5 Å². The van der Waals surface area contributed by atoms with Crippen molar-refractivity contribution in [2.75, 3.05) is 19.6 Å². The molecule has 4 atom stereocenters. The molecule has 0 spiro atoms. The molecule has 1 saturated heterocycles. The van der Waals surface area contributed by atoms with Crippen molar-refractivity contribution in [1.29, 1.82) is 0 Å². The number of para-hydroxylation sites is 2. The lowest BCUT2D eigenvalue weighted by molar-refractivity contribution is -0.141.